The van der Waals surface area contributed by atoms with Crippen molar-refractivity contribution in [1.82, 2.24) is 15.0 Å². The Morgan fingerprint density at radius 2 is 0.939 bits per heavy atom. The quantitative estimate of drug-likeness (QED) is 0.0932. The minimum absolute atomic E-state index is 0. The van der Waals surface area contributed by atoms with Crippen molar-refractivity contribution in [2.24, 2.45) is 10.8 Å². The Morgan fingerprint density at radius 1 is 0.524 bits per heavy atom. The summed E-state index contributed by atoms with van der Waals surface area (Å²) in [5, 5.41) is 16.0. The van der Waals surface area contributed by atoms with Crippen molar-refractivity contribution in [3.8, 4) is 0 Å². The standard InChI is InChI=1S/C26H25N2OP.C22H18NOP.C18H23N2OP.2CH4.2ClH.Pt/c1-26(2,3)25(29)28-23-17-10-18-24(27-23)30(20-13-5-4-6-14-20)22-16-9-12-19-11-7-8-15-21(19)22;1-25(18-11-4-2-5-12-18,19-13-6-3-7-14-19)21-16-17-10-8-9-15-20(17)22(24)23-21;1-18(2,3)17(21)20-15-12-9-13-16(19-15)22(4,5)14-10-7-6-8-11-14;;;;;/h4-18H,1-3H3,(H,27,28,29);2-16H,1H2,(H,23,24);6-13H,4H2,1-3,5H3,(H,19,20,21);2*1H4;2*1H;/q;;;;;;;+2/p-2. The van der Waals surface area contributed by atoms with Gasteiger partial charge in [-0.2, -0.15) is 18.3 Å². The molecule has 2 unspecified atom stereocenters. The van der Waals surface area contributed by atoms with Gasteiger partial charge in [-0.05, 0) is 108 Å². The fourth-order valence-electron chi connectivity index (χ4n) is 8.45. The number of amides is 2. The molecule has 428 valence electrons. The molecular weight excluding hydrogens is 1290 g/mol. The van der Waals surface area contributed by atoms with Gasteiger partial charge in [0.15, 0.2) is 5.44 Å². The van der Waals surface area contributed by atoms with E-state index < -0.39 is 49.8 Å². The summed E-state index contributed by atoms with van der Waals surface area (Å²) in [7, 11) is 4.94. The Hall–Kier alpha value is -6.19. The monoisotopic (exact) mass is 1370 g/mol. The number of aromatic amines is 1. The maximum atomic E-state index is 12.6. The number of anilines is 2. The molecule has 3 heterocycles. The number of halogens is 2. The number of nitrogens with zero attached hydrogens (tertiary/aromatic N) is 2. The fraction of sp³-hybridized carbons (Fsp3) is 0.162. The second-order valence-corrected chi connectivity index (χ2v) is 32.9. The number of H-pyrrole nitrogens is 1. The Kier molecular flexibility index (Phi) is 24.7. The first kappa shape index (κ1) is 66.6. The summed E-state index contributed by atoms with van der Waals surface area (Å²) in [4.78, 5) is 49.9. The van der Waals surface area contributed by atoms with E-state index in [1.54, 1.807) is 0 Å². The molecule has 2 atom stereocenters. The molecule has 7 aromatic carbocycles. The molecule has 3 N–H and O–H groups in total. The second-order valence-electron chi connectivity index (χ2n) is 21.0. The Labute approximate surface area is 505 Å². The molecule has 0 radical (unpaired) electrons. The fourth-order valence-corrected chi connectivity index (χ4v) is 15.5. The zero-order chi connectivity index (χ0) is 57.5. The zero-order valence-electron chi connectivity index (χ0n) is 45.9. The first-order valence-corrected chi connectivity index (χ1v) is 37.1. The topological polar surface area (TPSA) is 117 Å². The van der Waals surface area contributed by atoms with Gasteiger partial charge in [-0.3, -0.25) is 19.4 Å². The predicted molar refractivity (Wildman–Crippen MR) is 359 cm³/mol. The number of rotatable bonds is 10. The van der Waals surface area contributed by atoms with E-state index in [0.717, 1.165) is 32.3 Å². The summed E-state index contributed by atoms with van der Waals surface area (Å²) < 4.78 is 0. The van der Waals surface area contributed by atoms with E-state index in [0.29, 0.717) is 17.0 Å². The van der Waals surface area contributed by atoms with E-state index in [1.807, 2.05) is 157 Å². The SMILES string of the molecule is C.C.CC(C)(C)C(=O)Nc1cccc(P(c2ccccc2)c2cccc3ccccc23)n1.[CH2-][P+](C)(c1ccccc1)c1cccc(NC(=O)C(C)(C)C)n1.[CH2-][P+](c1ccccc1)(c1ccccc1)c1cc2ccccc2c(=O)[nH]1.[Cl][Pt][Cl]. The van der Waals surface area contributed by atoms with Crippen LogP contribution in [0.25, 0.3) is 21.5 Å². The van der Waals surface area contributed by atoms with Crippen molar-refractivity contribution < 1.29 is 26.1 Å². The molecule has 0 saturated carbocycles. The summed E-state index contributed by atoms with van der Waals surface area (Å²) in [6.45, 7) is 22.6. The van der Waals surface area contributed by atoms with E-state index in [2.05, 4.69) is 156 Å². The number of carbonyl (C=O) groups is 2. The third-order valence-electron chi connectivity index (χ3n) is 12.9. The Morgan fingerprint density at radius 3 is 1.46 bits per heavy atom. The minimum atomic E-state index is -2.16. The maximum absolute atomic E-state index is 12.6. The Bertz CT molecular complexity index is 3670. The van der Waals surface area contributed by atoms with Crippen LogP contribution < -0.4 is 59.0 Å². The van der Waals surface area contributed by atoms with Crippen LogP contribution in [-0.2, 0) is 26.1 Å². The van der Waals surface area contributed by atoms with Gasteiger partial charge < -0.3 is 10.6 Å². The molecule has 14 heteroatoms. The van der Waals surface area contributed by atoms with Crippen LogP contribution >= 0.6 is 41.3 Å². The summed E-state index contributed by atoms with van der Waals surface area (Å²) in [6.07, 6.45) is 0. The van der Waals surface area contributed by atoms with Crippen LogP contribution in [0.1, 0.15) is 56.4 Å². The molecule has 10 aromatic rings. The van der Waals surface area contributed by atoms with Crippen LogP contribution in [0.15, 0.2) is 235 Å². The molecule has 8 nitrogen and oxygen atoms in total. The van der Waals surface area contributed by atoms with Gasteiger partial charge in [0.05, 0.1) is 21.3 Å². The average Bonchev–Trinajstić information content (AvgIpc) is 3.64. The first-order valence-electron chi connectivity index (χ1n) is 25.7. The summed E-state index contributed by atoms with van der Waals surface area (Å²) in [6, 6.07) is 77.5. The molecular formula is C68H74Cl2N5O3P3Pt. The van der Waals surface area contributed by atoms with Crippen molar-refractivity contribution in [3.63, 3.8) is 0 Å². The second kappa shape index (κ2) is 30.4. The number of pyridine rings is 3. The molecule has 2 amide bonds. The van der Waals surface area contributed by atoms with Gasteiger partial charge in [0.1, 0.15) is 17.1 Å². The molecule has 3 aromatic heterocycles. The van der Waals surface area contributed by atoms with Crippen molar-refractivity contribution in [3.05, 3.63) is 254 Å². The normalized spacial score (nSPS) is 12.2. The number of benzene rings is 7. The molecule has 0 aliphatic heterocycles. The van der Waals surface area contributed by atoms with E-state index >= 15 is 0 Å². The van der Waals surface area contributed by atoms with Gasteiger partial charge in [0.2, 0.25) is 11.8 Å². The van der Waals surface area contributed by atoms with Gasteiger partial charge in [-0.15, -0.1) is 0 Å². The Balaban J connectivity index is 0.000000220. The van der Waals surface area contributed by atoms with Crippen molar-refractivity contribution in [1.29, 1.82) is 0 Å². The molecule has 82 heavy (non-hydrogen) atoms. The number of hydrogen-bond donors (Lipinski definition) is 3. The number of carbonyl (C=O) groups excluding carboxylic acids is 2. The van der Waals surface area contributed by atoms with Gasteiger partial charge in [0.25, 0.3) is 5.56 Å². The molecule has 0 aliphatic rings. The number of hydrogen-bond acceptors (Lipinski definition) is 5. The zero-order valence-corrected chi connectivity index (χ0v) is 52.4. The molecule has 0 fully saturated rings. The van der Waals surface area contributed by atoms with Crippen LogP contribution in [0.4, 0.5) is 11.6 Å². The van der Waals surface area contributed by atoms with E-state index in [-0.39, 0.29) is 32.2 Å². The van der Waals surface area contributed by atoms with Crippen LogP contribution in [0.3, 0.4) is 0 Å². The molecule has 0 saturated heterocycles. The first-order chi connectivity index (χ1) is 38.2. The summed E-state index contributed by atoms with van der Waals surface area (Å²) in [5.74, 6) is 1.10. The van der Waals surface area contributed by atoms with E-state index in [9.17, 15) is 14.4 Å². The molecule has 0 bridgehead atoms. The summed E-state index contributed by atoms with van der Waals surface area (Å²) in [5.41, 5.74) is 1.82. The van der Waals surface area contributed by atoms with Crippen LogP contribution in [0.5, 0.6) is 0 Å². The molecule has 0 aliphatic carbocycles. The van der Waals surface area contributed by atoms with Crippen molar-refractivity contribution in [2.75, 3.05) is 17.3 Å². The van der Waals surface area contributed by atoms with Gasteiger partial charge >= 0.3 is 35.3 Å². The van der Waals surface area contributed by atoms with Crippen LogP contribution in [0, 0.1) is 24.2 Å². The van der Waals surface area contributed by atoms with Crippen molar-refractivity contribution >= 4 is 129 Å². The van der Waals surface area contributed by atoms with Crippen molar-refractivity contribution in [2.45, 2.75) is 56.4 Å². The third-order valence-corrected chi connectivity index (χ3v) is 21.5. The molecule has 10 rings (SSSR count). The number of fused-ring (bicyclic) bond motifs is 2. The van der Waals surface area contributed by atoms with Gasteiger partial charge in [-0.1, -0.05) is 214 Å². The summed E-state index contributed by atoms with van der Waals surface area (Å²) >= 11 is -0.472. The predicted octanol–water partition coefficient (Wildman–Crippen LogP) is 14.7. The van der Waals surface area contributed by atoms with Crippen LogP contribution in [-0.4, -0.2) is 33.4 Å². The average molecular weight is 1370 g/mol. The van der Waals surface area contributed by atoms with E-state index in [1.165, 1.54) is 26.7 Å². The van der Waals surface area contributed by atoms with Gasteiger partial charge in [-0.25, -0.2) is 4.98 Å². The van der Waals surface area contributed by atoms with Crippen LogP contribution in [0.2, 0.25) is 0 Å². The number of aromatic nitrogens is 3. The van der Waals surface area contributed by atoms with Gasteiger partial charge in [0, 0.05) is 36.9 Å². The molecule has 0 spiro atoms. The number of nitrogens with one attached hydrogen (secondary N) is 3. The third kappa shape index (κ3) is 17.0. The van der Waals surface area contributed by atoms with E-state index in [4.69, 9.17) is 23.8 Å².